The molecule has 1 aromatic carbocycles. The minimum atomic E-state index is -1.01. The van der Waals surface area contributed by atoms with Crippen LogP contribution >= 0.6 is 0 Å². The van der Waals surface area contributed by atoms with Crippen LogP contribution in [0, 0.1) is 0 Å². The maximum atomic E-state index is 9.10. The second-order valence-electron chi connectivity index (χ2n) is 5.40. The highest BCUT2D eigenvalue weighted by molar-refractivity contribution is 6.38. The Morgan fingerprint density at radius 2 is 1.45 bits per heavy atom. The molecule has 0 atom stereocenters. The van der Waals surface area contributed by atoms with Crippen molar-refractivity contribution in [1.29, 1.82) is 0 Å². The number of aromatic amines is 1. The van der Waals surface area contributed by atoms with Crippen LogP contribution < -0.4 is 5.46 Å². The highest BCUT2D eigenvalue weighted by Gasteiger charge is 2.31. The van der Waals surface area contributed by atoms with E-state index in [2.05, 4.69) is 4.98 Å². The second-order valence-corrected chi connectivity index (χ2v) is 5.40. The molecule has 2 rings (SSSR count). The number of hydrogen-bond donors (Lipinski definition) is 3. The van der Waals surface area contributed by atoms with Gasteiger partial charge < -0.3 is 15.2 Å². The van der Waals surface area contributed by atoms with Crippen LogP contribution in [0.25, 0.3) is 10.9 Å². The van der Waals surface area contributed by atoms with Gasteiger partial charge in [-0.2, -0.15) is 0 Å². The summed E-state index contributed by atoms with van der Waals surface area (Å²) in [7, 11) is 5.68. The van der Waals surface area contributed by atoms with Crippen LogP contribution in [0.3, 0.4) is 0 Å². The van der Waals surface area contributed by atoms with Crippen molar-refractivity contribution in [3.05, 3.63) is 30.5 Å². The number of fused-ring (bicyclic) bond motifs is 1. The zero-order chi connectivity index (χ0) is 16.0. The Balaban J connectivity index is 0.000000330. The van der Waals surface area contributed by atoms with Gasteiger partial charge in [-0.1, -0.05) is 31.4 Å². The molecule has 0 spiro atoms. The monoisotopic (exact) mass is 275 g/mol. The first-order valence-corrected chi connectivity index (χ1v) is 6.89. The van der Waals surface area contributed by atoms with Crippen LogP contribution in [-0.4, -0.2) is 34.2 Å². The van der Waals surface area contributed by atoms with Gasteiger partial charge >= 0.3 is 0 Å². The van der Waals surface area contributed by atoms with E-state index in [-0.39, 0.29) is 0 Å². The number of aromatic nitrogens is 1. The molecule has 3 nitrogen and oxygen atoms in total. The van der Waals surface area contributed by atoms with Gasteiger partial charge in [0.1, 0.15) is 7.85 Å². The minimum absolute atomic E-state index is 0.832. The molecule has 0 unspecified atom stereocenters. The third-order valence-corrected chi connectivity index (χ3v) is 3.13. The lowest BCUT2D eigenvalue weighted by molar-refractivity contribution is -0.107. The molecule has 0 aliphatic carbocycles. The smallest absolute Gasteiger partial charge is 0.114 e. The summed E-state index contributed by atoms with van der Waals surface area (Å²) in [6, 6.07) is 7.82. The molecular formula is C16H26BNO2. The molecular weight excluding hydrogens is 249 g/mol. The Hall–Kier alpha value is -1.26. The van der Waals surface area contributed by atoms with Crippen molar-refractivity contribution in [2.75, 3.05) is 0 Å². The molecule has 0 saturated carbocycles. The standard InChI is InChI=1S/C8H6BN.C6H14O2.C2H6/c9-7-2-1-3-8-6(7)4-5-10-8;1-5(2,7)6(3,4)8;1-2/h1-5,10H;7-8H,1-4H3;1-2H3. The lowest BCUT2D eigenvalue weighted by Crippen LogP contribution is -2.44. The predicted molar refractivity (Wildman–Crippen MR) is 87.6 cm³/mol. The average Bonchev–Trinajstić information content (AvgIpc) is 2.79. The van der Waals surface area contributed by atoms with Crippen molar-refractivity contribution in [1.82, 2.24) is 4.98 Å². The fourth-order valence-electron chi connectivity index (χ4n) is 1.11. The first-order valence-electron chi connectivity index (χ1n) is 6.89. The predicted octanol–water partition coefficient (Wildman–Crippen LogP) is 2.52. The number of H-pyrrole nitrogens is 1. The summed E-state index contributed by atoms with van der Waals surface area (Å²) in [6.07, 6.45) is 1.89. The molecule has 4 heteroatoms. The van der Waals surface area contributed by atoms with E-state index in [0.29, 0.717) is 0 Å². The zero-order valence-electron chi connectivity index (χ0n) is 13.4. The SMILES string of the molecule is CC.CC(C)(O)C(C)(C)O.[B]c1cccc2[nH]ccc12. The van der Waals surface area contributed by atoms with Gasteiger partial charge in [-0.15, -0.1) is 0 Å². The Labute approximate surface area is 123 Å². The van der Waals surface area contributed by atoms with E-state index in [1.165, 1.54) is 0 Å². The zero-order valence-corrected chi connectivity index (χ0v) is 13.4. The largest absolute Gasteiger partial charge is 0.387 e. The second kappa shape index (κ2) is 7.51. The minimum Gasteiger partial charge on any atom is -0.387 e. The van der Waals surface area contributed by atoms with Crippen molar-refractivity contribution >= 4 is 24.2 Å². The molecule has 2 aromatic rings. The van der Waals surface area contributed by atoms with Crippen molar-refractivity contribution < 1.29 is 10.2 Å². The summed E-state index contributed by atoms with van der Waals surface area (Å²) in [5.74, 6) is 0. The fraction of sp³-hybridized carbons (Fsp3) is 0.500. The van der Waals surface area contributed by atoms with Gasteiger partial charge in [-0.3, -0.25) is 0 Å². The Morgan fingerprint density at radius 3 is 1.85 bits per heavy atom. The molecule has 110 valence electrons. The number of aliphatic hydroxyl groups is 2. The van der Waals surface area contributed by atoms with E-state index < -0.39 is 11.2 Å². The quantitative estimate of drug-likeness (QED) is 0.700. The van der Waals surface area contributed by atoms with Gasteiger partial charge in [-0.05, 0) is 45.2 Å². The highest BCUT2D eigenvalue weighted by atomic mass is 16.3. The average molecular weight is 275 g/mol. The van der Waals surface area contributed by atoms with E-state index >= 15 is 0 Å². The van der Waals surface area contributed by atoms with Crippen molar-refractivity contribution in [2.24, 2.45) is 0 Å². The molecule has 20 heavy (non-hydrogen) atoms. The van der Waals surface area contributed by atoms with Crippen LogP contribution in [0.15, 0.2) is 30.5 Å². The topological polar surface area (TPSA) is 56.2 Å². The fourth-order valence-corrected chi connectivity index (χ4v) is 1.11. The van der Waals surface area contributed by atoms with Crippen LogP contribution in [0.1, 0.15) is 41.5 Å². The third kappa shape index (κ3) is 5.39. The van der Waals surface area contributed by atoms with E-state index in [9.17, 15) is 0 Å². The Morgan fingerprint density at radius 1 is 0.950 bits per heavy atom. The summed E-state index contributed by atoms with van der Waals surface area (Å²) < 4.78 is 0. The first-order chi connectivity index (χ1) is 9.13. The molecule has 0 aliphatic rings. The molecule has 0 bridgehead atoms. The van der Waals surface area contributed by atoms with E-state index in [0.717, 1.165) is 16.4 Å². The molecule has 3 N–H and O–H groups in total. The Kier molecular flexibility index (Phi) is 7.04. The number of benzene rings is 1. The molecule has 0 amide bonds. The summed E-state index contributed by atoms with van der Waals surface area (Å²) in [5.41, 5.74) is -0.0845. The third-order valence-electron chi connectivity index (χ3n) is 3.13. The number of hydrogen-bond acceptors (Lipinski definition) is 2. The summed E-state index contributed by atoms with van der Waals surface area (Å²) in [4.78, 5) is 3.08. The number of rotatable bonds is 1. The molecule has 0 fully saturated rings. The van der Waals surface area contributed by atoms with Gasteiger partial charge in [0.15, 0.2) is 0 Å². The van der Waals surface area contributed by atoms with E-state index in [4.69, 9.17) is 18.1 Å². The molecule has 0 aliphatic heterocycles. The van der Waals surface area contributed by atoms with Crippen molar-refractivity contribution in [3.8, 4) is 0 Å². The molecule has 1 aromatic heterocycles. The maximum Gasteiger partial charge on any atom is 0.114 e. The molecule has 0 saturated heterocycles. The van der Waals surface area contributed by atoms with Crippen LogP contribution in [0.5, 0.6) is 0 Å². The lowest BCUT2D eigenvalue weighted by atomic mass is 9.90. The van der Waals surface area contributed by atoms with Crippen LogP contribution in [-0.2, 0) is 0 Å². The van der Waals surface area contributed by atoms with Gasteiger partial charge in [0.05, 0.1) is 11.2 Å². The van der Waals surface area contributed by atoms with Crippen molar-refractivity contribution in [2.45, 2.75) is 52.7 Å². The molecule has 2 radical (unpaired) electrons. The Bertz CT molecular complexity index is 495. The van der Waals surface area contributed by atoms with Crippen LogP contribution in [0.4, 0.5) is 0 Å². The molecule has 1 heterocycles. The number of nitrogens with one attached hydrogen (secondary N) is 1. The highest BCUT2D eigenvalue weighted by Crippen LogP contribution is 2.19. The summed E-state index contributed by atoms with van der Waals surface area (Å²) in [5, 5.41) is 19.3. The maximum absolute atomic E-state index is 9.10. The van der Waals surface area contributed by atoms with Gasteiger partial charge in [0.2, 0.25) is 0 Å². The van der Waals surface area contributed by atoms with Gasteiger partial charge in [0.25, 0.3) is 0 Å². The normalized spacial score (nSPS) is 11.2. The van der Waals surface area contributed by atoms with E-state index in [1.807, 2.05) is 44.3 Å². The summed E-state index contributed by atoms with van der Waals surface area (Å²) in [6.45, 7) is 10.3. The lowest BCUT2D eigenvalue weighted by Gasteiger charge is -2.31. The van der Waals surface area contributed by atoms with Crippen LogP contribution in [0.2, 0.25) is 0 Å². The van der Waals surface area contributed by atoms with Crippen molar-refractivity contribution in [3.63, 3.8) is 0 Å². The van der Waals surface area contributed by atoms with Gasteiger partial charge in [0, 0.05) is 11.7 Å². The van der Waals surface area contributed by atoms with Gasteiger partial charge in [-0.25, -0.2) is 0 Å². The summed E-state index contributed by atoms with van der Waals surface area (Å²) >= 11 is 0. The van der Waals surface area contributed by atoms with E-state index in [1.54, 1.807) is 27.7 Å². The first kappa shape index (κ1) is 18.7.